The van der Waals surface area contributed by atoms with Crippen molar-refractivity contribution in [1.82, 2.24) is 10.2 Å². The Morgan fingerprint density at radius 3 is 2.15 bits per heavy atom. The maximum atomic E-state index is 12.0. The molecule has 0 aromatic carbocycles. The van der Waals surface area contributed by atoms with E-state index in [1.54, 1.807) is 13.8 Å². The summed E-state index contributed by atoms with van der Waals surface area (Å²) in [6.07, 6.45) is -4.22. The molecule has 0 aliphatic carbocycles. The lowest BCUT2D eigenvalue weighted by atomic mass is 10.3. The predicted octanol–water partition coefficient (Wildman–Crippen LogP) is 1.76. The van der Waals surface area contributed by atoms with Crippen LogP contribution in [0.4, 0.5) is 13.2 Å². The second-order valence-electron chi connectivity index (χ2n) is 2.89. The highest BCUT2D eigenvalue weighted by Crippen LogP contribution is 2.17. The number of hydrogen-bond acceptors (Lipinski definition) is 1. The molecule has 0 atom stereocenters. The Morgan fingerprint density at radius 2 is 1.92 bits per heavy atom. The van der Waals surface area contributed by atoms with Gasteiger partial charge in [-0.05, 0) is 26.1 Å². The van der Waals surface area contributed by atoms with Crippen molar-refractivity contribution in [3.63, 3.8) is 0 Å². The highest BCUT2D eigenvalue weighted by molar-refractivity contribution is 7.80. The quantitative estimate of drug-likeness (QED) is 0.705. The van der Waals surface area contributed by atoms with Gasteiger partial charge in [0.25, 0.3) is 0 Å². The van der Waals surface area contributed by atoms with Gasteiger partial charge < -0.3 is 10.2 Å². The highest BCUT2D eigenvalue weighted by Gasteiger charge is 2.32. The molecule has 0 heterocycles. The Kier molecular flexibility index (Phi) is 4.46. The van der Waals surface area contributed by atoms with E-state index in [0.29, 0.717) is 0 Å². The molecule has 78 valence electrons. The Morgan fingerprint density at radius 1 is 1.46 bits per heavy atom. The summed E-state index contributed by atoms with van der Waals surface area (Å²) < 4.78 is 36.1. The lowest BCUT2D eigenvalue weighted by molar-refractivity contribution is -0.140. The van der Waals surface area contributed by atoms with Crippen molar-refractivity contribution in [2.75, 3.05) is 13.6 Å². The van der Waals surface area contributed by atoms with Crippen LogP contribution in [0.2, 0.25) is 0 Å². The van der Waals surface area contributed by atoms with Crippen LogP contribution in [0.25, 0.3) is 0 Å². The minimum atomic E-state index is -4.22. The van der Waals surface area contributed by atoms with Crippen LogP contribution in [0.1, 0.15) is 13.8 Å². The van der Waals surface area contributed by atoms with Gasteiger partial charge in [0, 0.05) is 13.1 Å². The molecule has 0 fully saturated rings. The second-order valence-corrected chi connectivity index (χ2v) is 3.28. The maximum Gasteiger partial charge on any atom is 0.406 e. The molecule has 1 N–H and O–H groups in total. The number of halogens is 3. The maximum absolute atomic E-state index is 12.0. The average molecular weight is 214 g/mol. The molecular weight excluding hydrogens is 201 g/mol. The van der Waals surface area contributed by atoms with E-state index >= 15 is 0 Å². The Balaban J connectivity index is 4.36. The predicted molar refractivity (Wildman–Crippen MR) is 49.6 cm³/mol. The van der Waals surface area contributed by atoms with E-state index in [-0.39, 0.29) is 11.2 Å². The number of thiocarbonyl (C=S) groups is 1. The van der Waals surface area contributed by atoms with Crippen molar-refractivity contribution in [1.29, 1.82) is 0 Å². The van der Waals surface area contributed by atoms with Gasteiger partial charge in [0.15, 0.2) is 5.11 Å². The first kappa shape index (κ1) is 12.5. The van der Waals surface area contributed by atoms with Gasteiger partial charge >= 0.3 is 6.18 Å². The normalized spacial score (nSPS) is 11.6. The molecule has 6 heteroatoms. The largest absolute Gasteiger partial charge is 0.406 e. The first-order valence-corrected chi connectivity index (χ1v) is 4.24. The molecule has 0 aromatic heterocycles. The highest BCUT2D eigenvalue weighted by atomic mass is 32.1. The summed E-state index contributed by atoms with van der Waals surface area (Å²) in [5.41, 5.74) is 0. The molecule has 0 radical (unpaired) electrons. The van der Waals surface area contributed by atoms with Crippen LogP contribution in [0.3, 0.4) is 0 Å². The van der Waals surface area contributed by atoms with Crippen LogP contribution in [0.5, 0.6) is 0 Å². The van der Waals surface area contributed by atoms with Crippen LogP contribution in [-0.2, 0) is 0 Å². The fraction of sp³-hybridized carbons (Fsp3) is 0.857. The van der Waals surface area contributed by atoms with E-state index in [1.807, 2.05) is 0 Å². The number of nitrogens with one attached hydrogen (secondary N) is 1. The zero-order valence-corrected chi connectivity index (χ0v) is 8.59. The third kappa shape index (κ3) is 4.92. The van der Waals surface area contributed by atoms with E-state index in [4.69, 9.17) is 12.2 Å². The van der Waals surface area contributed by atoms with Crippen LogP contribution >= 0.6 is 12.2 Å². The molecule has 0 rings (SSSR count). The van der Waals surface area contributed by atoms with Crippen LogP contribution in [0.15, 0.2) is 0 Å². The van der Waals surface area contributed by atoms with Gasteiger partial charge in [-0.1, -0.05) is 0 Å². The SMILES string of the molecule is CNC(=S)N(CC(F)(F)F)C(C)C. The van der Waals surface area contributed by atoms with Crippen molar-refractivity contribution in [2.24, 2.45) is 0 Å². The number of rotatable bonds is 2. The van der Waals surface area contributed by atoms with E-state index in [2.05, 4.69) is 5.32 Å². The molecule has 0 aromatic rings. The number of alkyl halides is 3. The standard InChI is InChI=1S/C7H13F3N2S/c1-5(2)12(6(13)11-3)4-7(8,9)10/h5H,4H2,1-3H3,(H,11,13). The molecule has 0 saturated carbocycles. The smallest absolute Gasteiger partial charge is 0.366 e. The van der Waals surface area contributed by atoms with Crippen LogP contribution < -0.4 is 5.32 Å². The van der Waals surface area contributed by atoms with Crippen molar-refractivity contribution in [3.05, 3.63) is 0 Å². The van der Waals surface area contributed by atoms with Gasteiger partial charge in [-0.2, -0.15) is 13.2 Å². The molecule has 0 unspecified atom stereocenters. The van der Waals surface area contributed by atoms with Gasteiger partial charge in [0.05, 0.1) is 0 Å². The van der Waals surface area contributed by atoms with E-state index in [9.17, 15) is 13.2 Å². The lowest BCUT2D eigenvalue weighted by Gasteiger charge is -2.29. The van der Waals surface area contributed by atoms with Crippen molar-refractivity contribution < 1.29 is 13.2 Å². The summed E-state index contributed by atoms with van der Waals surface area (Å²) in [6, 6.07) is -0.262. The zero-order chi connectivity index (χ0) is 10.6. The molecule has 0 bridgehead atoms. The Labute approximate surface area is 81.1 Å². The number of nitrogens with zero attached hydrogens (tertiary/aromatic N) is 1. The van der Waals surface area contributed by atoms with Crippen molar-refractivity contribution in [2.45, 2.75) is 26.1 Å². The van der Waals surface area contributed by atoms with Crippen molar-refractivity contribution in [3.8, 4) is 0 Å². The van der Waals surface area contributed by atoms with Crippen LogP contribution in [0, 0.1) is 0 Å². The summed E-state index contributed by atoms with van der Waals surface area (Å²) >= 11 is 4.74. The topological polar surface area (TPSA) is 15.3 Å². The molecule has 0 aliphatic heterocycles. The molecule has 0 amide bonds. The average Bonchev–Trinajstić information content (AvgIpc) is 1.96. The monoisotopic (exact) mass is 214 g/mol. The number of hydrogen-bond donors (Lipinski definition) is 1. The van der Waals surface area contributed by atoms with E-state index in [1.165, 1.54) is 7.05 Å². The summed E-state index contributed by atoms with van der Waals surface area (Å²) in [5.74, 6) is 0. The lowest BCUT2D eigenvalue weighted by Crippen LogP contribution is -2.47. The van der Waals surface area contributed by atoms with Gasteiger partial charge in [0.1, 0.15) is 6.54 Å². The summed E-state index contributed by atoms with van der Waals surface area (Å²) in [5, 5.41) is 2.64. The van der Waals surface area contributed by atoms with E-state index < -0.39 is 12.7 Å². The summed E-state index contributed by atoms with van der Waals surface area (Å²) in [6.45, 7) is 2.31. The van der Waals surface area contributed by atoms with Gasteiger partial charge in [0.2, 0.25) is 0 Å². The van der Waals surface area contributed by atoms with Gasteiger partial charge in [-0.15, -0.1) is 0 Å². The first-order chi connectivity index (χ1) is 5.78. The summed E-state index contributed by atoms with van der Waals surface area (Å²) in [4.78, 5) is 1.09. The Bertz CT molecular complexity index is 179. The molecular formula is C7H13F3N2S. The minimum absolute atomic E-state index is 0.118. The van der Waals surface area contributed by atoms with Crippen molar-refractivity contribution >= 4 is 17.3 Å². The second kappa shape index (κ2) is 4.64. The molecule has 0 spiro atoms. The molecule has 0 aliphatic rings. The molecule has 2 nitrogen and oxygen atoms in total. The van der Waals surface area contributed by atoms with Crippen LogP contribution in [-0.4, -0.2) is 35.8 Å². The summed E-state index contributed by atoms with van der Waals surface area (Å²) in [7, 11) is 1.51. The first-order valence-electron chi connectivity index (χ1n) is 3.83. The third-order valence-corrected chi connectivity index (χ3v) is 1.89. The third-order valence-electron chi connectivity index (χ3n) is 1.45. The van der Waals surface area contributed by atoms with Gasteiger partial charge in [-0.25, -0.2) is 0 Å². The molecule has 13 heavy (non-hydrogen) atoms. The van der Waals surface area contributed by atoms with E-state index in [0.717, 1.165) is 4.90 Å². The molecule has 0 saturated heterocycles. The zero-order valence-electron chi connectivity index (χ0n) is 7.77. The Hall–Kier alpha value is -0.520. The minimum Gasteiger partial charge on any atom is -0.366 e. The van der Waals surface area contributed by atoms with Gasteiger partial charge in [-0.3, -0.25) is 0 Å². The fourth-order valence-corrected chi connectivity index (χ4v) is 1.10. The fourth-order valence-electron chi connectivity index (χ4n) is 0.826.